The van der Waals surface area contributed by atoms with Crippen molar-refractivity contribution < 1.29 is 24.2 Å². The van der Waals surface area contributed by atoms with Crippen LogP contribution in [0, 0.1) is 5.92 Å². The van der Waals surface area contributed by atoms with Gasteiger partial charge in [-0.05, 0) is 6.92 Å². The third-order valence-electron chi connectivity index (χ3n) is 1.73. The Morgan fingerprint density at radius 1 is 1.58 bits per heavy atom. The number of carboxylic acid groups (broad SMARTS) is 1. The first-order chi connectivity index (χ1) is 5.52. The summed E-state index contributed by atoms with van der Waals surface area (Å²) in [5.41, 5.74) is 0. The Morgan fingerprint density at radius 3 is 2.50 bits per heavy atom. The lowest BCUT2D eigenvalue weighted by Gasteiger charge is -2.08. The van der Waals surface area contributed by atoms with E-state index in [4.69, 9.17) is 5.11 Å². The number of Topliss-reactive ketones (excluding diaryl/α,β-unsaturated/α-hetero) is 1. The normalized spacial score (nSPS) is 28.2. The number of ketones is 1. The van der Waals surface area contributed by atoms with E-state index in [1.165, 1.54) is 6.92 Å². The van der Waals surface area contributed by atoms with Crippen LogP contribution >= 0.6 is 0 Å². The molecule has 1 rings (SSSR count). The summed E-state index contributed by atoms with van der Waals surface area (Å²) in [7, 11) is 0. The fraction of sp³-hybridized carbons (Fsp3) is 0.571. The average Bonchev–Trinajstić information content (AvgIpc) is 2.31. The molecule has 0 radical (unpaired) electrons. The number of hydrogen-bond acceptors (Lipinski definition) is 4. The van der Waals surface area contributed by atoms with Crippen molar-refractivity contribution in [2.45, 2.75) is 19.4 Å². The maximum Gasteiger partial charge on any atom is 0.311 e. The van der Waals surface area contributed by atoms with E-state index in [0.29, 0.717) is 0 Å². The number of cyclic esters (lactones) is 1. The standard InChI is InChI=1S/C7H8O5/c1-3(8)6-4(7(10)11)2-5(9)12-6/h4,6H,2H2,1H3,(H,10,11). The number of ether oxygens (including phenoxy) is 1. The SMILES string of the molecule is CC(=O)C1OC(=O)CC1C(=O)O. The number of carbonyl (C=O) groups is 3. The van der Waals surface area contributed by atoms with Crippen LogP contribution < -0.4 is 0 Å². The molecule has 0 aromatic rings. The van der Waals surface area contributed by atoms with Gasteiger partial charge in [0, 0.05) is 0 Å². The highest BCUT2D eigenvalue weighted by Crippen LogP contribution is 2.22. The molecule has 0 aromatic heterocycles. The lowest BCUT2D eigenvalue weighted by atomic mass is 9.99. The van der Waals surface area contributed by atoms with Crippen molar-refractivity contribution in [1.29, 1.82) is 0 Å². The molecule has 1 heterocycles. The van der Waals surface area contributed by atoms with Crippen LogP contribution in [-0.4, -0.2) is 28.9 Å². The number of rotatable bonds is 2. The molecule has 1 aliphatic rings. The van der Waals surface area contributed by atoms with Crippen LogP contribution in [0.15, 0.2) is 0 Å². The van der Waals surface area contributed by atoms with E-state index in [2.05, 4.69) is 4.74 Å². The van der Waals surface area contributed by atoms with Crippen LogP contribution in [0.25, 0.3) is 0 Å². The Balaban J connectivity index is 2.79. The van der Waals surface area contributed by atoms with Crippen molar-refractivity contribution in [3.8, 4) is 0 Å². The lowest BCUT2D eigenvalue weighted by Crippen LogP contribution is -2.29. The first kappa shape index (κ1) is 8.70. The van der Waals surface area contributed by atoms with Gasteiger partial charge in [0.1, 0.15) is 5.92 Å². The average molecular weight is 172 g/mol. The molecule has 1 saturated heterocycles. The molecule has 2 atom stereocenters. The number of aliphatic carboxylic acids is 1. The monoisotopic (exact) mass is 172 g/mol. The molecule has 1 N–H and O–H groups in total. The van der Waals surface area contributed by atoms with Crippen molar-refractivity contribution in [2.24, 2.45) is 5.92 Å². The predicted octanol–water partition coefficient (Wildman–Crippen LogP) is -0.408. The zero-order chi connectivity index (χ0) is 9.30. The second-order valence-corrected chi connectivity index (χ2v) is 2.67. The quantitative estimate of drug-likeness (QED) is 0.573. The van der Waals surface area contributed by atoms with E-state index in [-0.39, 0.29) is 6.42 Å². The smallest absolute Gasteiger partial charge is 0.311 e. The molecule has 5 nitrogen and oxygen atoms in total. The van der Waals surface area contributed by atoms with Crippen molar-refractivity contribution in [1.82, 2.24) is 0 Å². The minimum Gasteiger partial charge on any atom is -0.481 e. The van der Waals surface area contributed by atoms with Crippen molar-refractivity contribution in [2.75, 3.05) is 0 Å². The summed E-state index contributed by atoms with van der Waals surface area (Å²) in [6.07, 6.45) is -1.30. The van der Waals surface area contributed by atoms with E-state index in [0.717, 1.165) is 0 Å². The minimum atomic E-state index is -1.17. The van der Waals surface area contributed by atoms with Gasteiger partial charge in [0.25, 0.3) is 0 Å². The summed E-state index contributed by atoms with van der Waals surface area (Å²) in [5.74, 6) is -3.22. The molecule has 2 unspecified atom stereocenters. The first-order valence-electron chi connectivity index (χ1n) is 3.45. The minimum absolute atomic E-state index is 0.209. The van der Waals surface area contributed by atoms with E-state index < -0.39 is 29.7 Å². The van der Waals surface area contributed by atoms with Crippen LogP contribution in [0.1, 0.15) is 13.3 Å². The zero-order valence-electron chi connectivity index (χ0n) is 6.44. The molecule has 0 bridgehead atoms. The molecule has 12 heavy (non-hydrogen) atoms. The number of carbonyl (C=O) groups excluding carboxylic acids is 2. The highest BCUT2D eigenvalue weighted by molar-refractivity contribution is 5.93. The van der Waals surface area contributed by atoms with Gasteiger partial charge in [0.15, 0.2) is 11.9 Å². The molecule has 0 saturated carbocycles. The summed E-state index contributed by atoms with van der Waals surface area (Å²) in [6.45, 7) is 1.21. The Bertz CT molecular complexity index is 220. The topological polar surface area (TPSA) is 80.7 Å². The van der Waals surface area contributed by atoms with Crippen molar-refractivity contribution >= 4 is 17.7 Å². The van der Waals surface area contributed by atoms with E-state index in [1.807, 2.05) is 0 Å². The van der Waals surface area contributed by atoms with Gasteiger partial charge in [-0.25, -0.2) is 0 Å². The summed E-state index contributed by atoms with van der Waals surface area (Å²) in [4.78, 5) is 31.9. The van der Waals surface area contributed by atoms with E-state index in [1.54, 1.807) is 0 Å². The fourth-order valence-electron chi connectivity index (χ4n) is 1.14. The molecule has 66 valence electrons. The Morgan fingerprint density at radius 2 is 2.17 bits per heavy atom. The van der Waals surface area contributed by atoms with Gasteiger partial charge in [0.2, 0.25) is 0 Å². The van der Waals surface area contributed by atoms with E-state index >= 15 is 0 Å². The molecule has 1 fully saturated rings. The maximum absolute atomic E-state index is 10.8. The van der Waals surface area contributed by atoms with Crippen molar-refractivity contribution in [3.63, 3.8) is 0 Å². The van der Waals surface area contributed by atoms with Gasteiger partial charge in [0.05, 0.1) is 6.42 Å². The molecular formula is C7H8O5. The Hall–Kier alpha value is -1.39. The zero-order valence-corrected chi connectivity index (χ0v) is 6.44. The lowest BCUT2D eigenvalue weighted by molar-refractivity contribution is -0.150. The largest absolute Gasteiger partial charge is 0.481 e. The van der Waals surface area contributed by atoms with Crippen LogP contribution in [0.4, 0.5) is 0 Å². The molecule has 0 amide bonds. The Kier molecular flexibility index (Phi) is 2.12. The van der Waals surface area contributed by atoms with Gasteiger partial charge >= 0.3 is 11.9 Å². The van der Waals surface area contributed by atoms with Crippen LogP contribution in [0.3, 0.4) is 0 Å². The van der Waals surface area contributed by atoms with Gasteiger partial charge in [-0.2, -0.15) is 0 Å². The highest BCUT2D eigenvalue weighted by atomic mass is 16.6. The van der Waals surface area contributed by atoms with Crippen LogP contribution in [0.5, 0.6) is 0 Å². The molecule has 0 spiro atoms. The maximum atomic E-state index is 10.8. The third-order valence-corrected chi connectivity index (χ3v) is 1.73. The second kappa shape index (κ2) is 2.92. The van der Waals surface area contributed by atoms with Gasteiger partial charge < -0.3 is 9.84 Å². The first-order valence-corrected chi connectivity index (χ1v) is 3.45. The Labute approximate surface area is 68.3 Å². The fourth-order valence-corrected chi connectivity index (χ4v) is 1.14. The van der Waals surface area contributed by atoms with Crippen LogP contribution in [0.2, 0.25) is 0 Å². The molecule has 0 aliphatic carbocycles. The number of esters is 1. The predicted molar refractivity (Wildman–Crippen MR) is 36.3 cm³/mol. The molecule has 0 aromatic carbocycles. The van der Waals surface area contributed by atoms with Gasteiger partial charge in [-0.3, -0.25) is 14.4 Å². The van der Waals surface area contributed by atoms with Crippen molar-refractivity contribution in [3.05, 3.63) is 0 Å². The number of carboxylic acids is 1. The molecular weight excluding hydrogens is 164 g/mol. The van der Waals surface area contributed by atoms with Gasteiger partial charge in [-0.15, -0.1) is 0 Å². The number of hydrogen-bond donors (Lipinski definition) is 1. The summed E-state index contributed by atoms with van der Waals surface area (Å²) in [6, 6.07) is 0. The third kappa shape index (κ3) is 1.44. The summed E-state index contributed by atoms with van der Waals surface area (Å²) < 4.78 is 4.53. The second-order valence-electron chi connectivity index (χ2n) is 2.67. The summed E-state index contributed by atoms with van der Waals surface area (Å²) >= 11 is 0. The van der Waals surface area contributed by atoms with E-state index in [9.17, 15) is 14.4 Å². The molecule has 5 heteroatoms. The van der Waals surface area contributed by atoms with Gasteiger partial charge in [-0.1, -0.05) is 0 Å². The summed E-state index contributed by atoms with van der Waals surface area (Å²) in [5, 5.41) is 8.57. The van der Waals surface area contributed by atoms with Crippen LogP contribution in [-0.2, 0) is 19.1 Å². The molecule has 1 aliphatic heterocycles. The highest BCUT2D eigenvalue weighted by Gasteiger charge is 2.42.